The quantitative estimate of drug-likeness (QED) is 0.160. The Bertz CT molecular complexity index is 1390. The van der Waals surface area contributed by atoms with Gasteiger partial charge >= 0.3 is 37.9 Å². The molecule has 5 rings (SSSR count). The SMILES string of the molecule is CC(c1ccccc1)(c1ccccc1)c1ccc(-c2ccccc2)c(C=NC2CCC(C(C)(C)C)CC2)c1O.[Cl][Zr][Cl]. The Morgan fingerprint density at radius 2 is 1.19 bits per heavy atom. The van der Waals surface area contributed by atoms with E-state index in [1.807, 2.05) is 36.5 Å². The second-order valence-electron chi connectivity index (χ2n) is 12.4. The summed E-state index contributed by atoms with van der Waals surface area (Å²) in [5.41, 5.74) is 5.87. The van der Waals surface area contributed by atoms with E-state index in [1.54, 1.807) is 0 Å². The van der Waals surface area contributed by atoms with Gasteiger partial charge in [0.25, 0.3) is 0 Å². The summed E-state index contributed by atoms with van der Waals surface area (Å²) in [7, 11) is 9.87. The Balaban J connectivity index is 0.00000129. The normalized spacial score (nSPS) is 17.4. The molecule has 5 heteroatoms. The number of phenolic OH excluding ortho intramolecular Hbond substituents is 1. The zero-order valence-corrected chi connectivity index (χ0v) is 29.0. The Morgan fingerprint density at radius 3 is 1.67 bits per heavy atom. The summed E-state index contributed by atoms with van der Waals surface area (Å²) in [6.45, 7) is 9.28. The summed E-state index contributed by atoms with van der Waals surface area (Å²) >= 11 is -0.826. The second kappa shape index (κ2) is 15.0. The van der Waals surface area contributed by atoms with Crippen molar-refractivity contribution in [1.82, 2.24) is 0 Å². The number of hydrogen-bond acceptors (Lipinski definition) is 2. The van der Waals surface area contributed by atoms with Gasteiger partial charge in [0.1, 0.15) is 5.75 Å². The topological polar surface area (TPSA) is 32.6 Å². The summed E-state index contributed by atoms with van der Waals surface area (Å²) in [5.74, 6) is 1.05. The van der Waals surface area contributed by atoms with Gasteiger partial charge in [-0.15, -0.1) is 0 Å². The van der Waals surface area contributed by atoms with Crippen molar-refractivity contribution in [2.75, 3.05) is 0 Å². The van der Waals surface area contributed by atoms with E-state index < -0.39 is 26.3 Å². The molecule has 1 aliphatic rings. The monoisotopic (exact) mass is 675 g/mol. The third-order valence-electron chi connectivity index (χ3n) is 8.88. The summed E-state index contributed by atoms with van der Waals surface area (Å²) in [5, 5.41) is 12.1. The minimum absolute atomic E-state index is 0.296. The van der Waals surface area contributed by atoms with Gasteiger partial charge in [0, 0.05) is 28.8 Å². The molecule has 0 amide bonds. The van der Waals surface area contributed by atoms with Crippen molar-refractivity contribution in [3.8, 4) is 16.9 Å². The number of aliphatic imine (C=N–C) groups is 1. The summed E-state index contributed by atoms with van der Waals surface area (Å²) in [6, 6.07) is 35.9. The fourth-order valence-electron chi connectivity index (χ4n) is 6.30. The molecule has 2 nitrogen and oxygen atoms in total. The fraction of sp³-hybridized carbons (Fsp3) is 0.324. The van der Waals surface area contributed by atoms with Gasteiger partial charge < -0.3 is 5.11 Å². The number of hydrogen-bond donors (Lipinski definition) is 1. The molecule has 0 unspecified atom stereocenters. The molecular formula is C37H41Cl2NOZr. The van der Waals surface area contributed by atoms with E-state index in [-0.39, 0.29) is 0 Å². The van der Waals surface area contributed by atoms with Gasteiger partial charge in [-0.3, -0.25) is 4.99 Å². The molecule has 1 saturated carbocycles. The van der Waals surface area contributed by atoms with Gasteiger partial charge in [-0.05, 0) is 66.2 Å². The van der Waals surface area contributed by atoms with Crippen LogP contribution in [0, 0.1) is 11.3 Å². The van der Waals surface area contributed by atoms with Crippen LogP contribution >= 0.6 is 17.0 Å². The first-order valence-corrected chi connectivity index (χ1v) is 21.1. The first-order chi connectivity index (χ1) is 20.2. The maximum absolute atomic E-state index is 12.1. The van der Waals surface area contributed by atoms with E-state index in [2.05, 4.69) is 100 Å². The van der Waals surface area contributed by atoms with Crippen molar-refractivity contribution in [2.45, 2.75) is 64.8 Å². The van der Waals surface area contributed by atoms with E-state index in [0.29, 0.717) is 17.2 Å². The van der Waals surface area contributed by atoms with E-state index in [9.17, 15) is 5.11 Å². The van der Waals surface area contributed by atoms with Crippen LogP contribution in [0.25, 0.3) is 11.1 Å². The molecule has 0 bridgehead atoms. The van der Waals surface area contributed by atoms with Crippen LogP contribution in [0.5, 0.6) is 5.75 Å². The molecule has 42 heavy (non-hydrogen) atoms. The van der Waals surface area contributed by atoms with Gasteiger partial charge in [0.05, 0.1) is 0 Å². The van der Waals surface area contributed by atoms with Crippen LogP contribution in [0.3, 0.4) is 0 Å². The fourth-order valence-corrected chi connectivity index (χ4v) is 6.30. The second-order valence-corrected chi connectivity index (χ2v) is 16.1. The summed E-state index contributed by atoms with van der Waals surface area (Å²) in [4.78, 5) is 5.10. The Hall–Kier alpha value is -2.19. The zero-order chi connectivity index (χ0) is 30.2. The van der Waals surface area contributed by atoms with Crippen LogP contribution < -0.4 is 0 Å². The molecule has 0 radical (unpaired) electrons. The number of benzene rings is 4. The molecule has 218 valence electrons. The predicted molar refractivity (Wildman–Crippen MR) is 176 cm³/mol. The molecule has 1 N–H and O–H groups in total. The average Bonchev–Trinajstić information content (AvgIpc) is 3.01. The van der Waals surface area contributed by atoms with Crippen LogP contribution in [0.1, 0.15) is 75.6 Å². The molecule has 0 aromatic heterocycles. The van der Waals surface area contributed by atoms with Crippen molar-refractivity contribution in [2.24, 2.45) is 16.3 Å². The summed E-state index contributed by atoms with van der Waals surface area (Å²) < 4.78 is 0. The molecule has 0 aliphatic heterocycles. The Morgan fingerprint density at radius 1 is 0.714 bits per heavy atom. The molecule has 1 fully saturated rings. The molecule has 0 spiro atoms. The molecule has 0 heterocycles. The Kier molecular flexibility index (Phi) is 11.7. The first-order valence-electron chi connectivity index (χ1n) is 14.7. The van der Waals surface area contributed by atoms with E-state index in [1.165, 1.54) is 12.8 Å². The van der Waals surface area contributed by atoms with Gasteiger partial charge in [-0.1, -0.05) is 124 Å². The third kappa shape index (κ3) is 7.66. The maximum atomic E-state index is 12.1. The Labute approximate surface area is 270 Å². The standard InChI is InChI=1S/C37H41NO.2ClH.Zr/c1-36(2,3)28-20-22-31(23-21-28)38-26-33-32(27-14-8-5-9-15-27)24-25-34(35(33)39)37(4,29-16-10-6-11-17-29)30-18-12-7-13-19-30;;;/h5-19,24-26,28,31,39H,20-23H2,1-4H3;2*1H;/q;;;+2/p-2. The summed E-state index contributed by atoms with van der Waals surface area (Å²) in [6.07, 6.45) is 6.59. The third-order valence-corrected chi connectivity index (χ3v) is 8.88. The molecule has 4 aromatic carbocycles. The number of aromatic hydroxyl groups is 1. The van der Waals surface area contributed by atoms with Crippen LogP contribution in [0.2, 0.25) is 0 Å². The van der Waals surface area contributed by atoms with Gasteiger partial charge in [0.2, 0.25) is 0 Å². The first kappa shape index (κ1) is 32.7. The van der Waals surface area contributed by atoms with Crippen molar-refractivity contribution in [3.05, 3.63) is 125 Å². The van der Waals surface area contributed by atoms with Crippen molar-refractivity contribution < 1.29 is 26.0 Å². The van der Waals surface area contributed by atoms with Crippen LogP contribution in [0.4, 0.5) is 0 Å². The zero-order valence-electron chi connectivity index (χ0n) is 25.0. The van der Waals surface area contributed by atoms with E-state index in [0.717, 1.165) is 52.1 Å². The van der Waals surface area contributed by atoms with Crippen LogP contribution in [0.15, 0.2) is 108 Å². The van der Waals surface area contributed by atoms with E-state index >= 15 is 0 Å². The molecule has 1 aliphatic carbocycles. The molecule has 0 atom stereocenters. The van der Waals surface area contributed by atoms with Crippen molar-refractivity contribution in [1.29, 1.82) is 0 Å². The number of nitrogens with zero attached hydrogens (tertiary/aromatic N) is 1. The van der Waals surface area contributed by atoms with Crippen molar-refractivity contribution in [3.63, 3.8) is 0 Å². The average molecular weight is 678 g/mol. The number of rotatable bonds is 6. The van der Waals surface area contributed by atoms with Crippen molar-refractivity contribution >= 4 is 23.2 Å². The van der Waals surface area contributed by atoms with Gasteiger partial charge in [0.15, 0.2) is 0 Å². The molecule has 4 aromatic rings. The van der Waals surface area contributed by atoms with E-state index in [4.69, 9.17) is 22.0 Å². The number of halogens is 2. The van der Waals surface area contributed by atoms with Gasteiger partial charge in [-0.25, -0.2) is 0 Å². The predicted octanol–water partition coefficient (Wildman–Crippen LogP) is 10.8. The minimum atomic E-state index is -0.826. The van der Waals surface area contributed by atoms with Crippen LogP contribution in [-0.4, -0.2) is 17.4 Å². The molecule has 0 saturated heterocycles. The number of phenols is 1. The van der Waals surface area contributed by atoms with Gasteiger partial charge in [-0.2, -0.15) is 0 Å². The molecular weight excluding hydrogens is 637 g/mol. The van der Waals surface area contributed by atoms with Crippen LogP contribution in [-0.2, 0) is 26.3 Å².